The SMILES string of the molecule is C=C[C@](C)(C[C@@H](O[Si](C)(C)C(C)(C)C)[C@@]1(C)C2=C(CC=C2O[Si](C)(C)C(C)(C)C)CC[C@H]1C)/C(=C/C)O[Si](C)(C)C(C)(C)C. The lowest BCUT2D eigenvalue weighted by Gasteiger charge is -2.53. The van der Waals surface area contributed by atoms with Crippen LogP contribution in [-0.4, -0.2) is 31.1 Å². The van der Waals surface area contributed by atoms with Gasteiger partial charge in [0, 0.05) is 16.4 Å². The molecule has 0 amide bonds. The minimum atomic E-state index is -2.17. The summed E-state index contributed by atoms with van der Waals surface area (Å²) in [5.41, 5.74) is 2.44. The Hall–Kier alpha value is -0.829. The van der Waals surface area contributed by atoms with Gasteiger partial charge in [-0.25, -0.2) is 0 Å². The normalized spacial score (nSPS) is 24.8. The van der Waals surface area contributed by atoms with E-state index < -0.39 is 25.0 Å². The fourth-order valence-electron chi connectivity index (χ4n) is 5.92. The van der Waals surface area contributed by atoms with Gasteiger partial charge in [0.05, 0.1) is 11.9 Å². The Morgan fingerprint density at radius 2 is 1.41 bits per heavy atom. The summed E-state index contributed by atoms with van der Waals surface area (Å²) in [7, 11) is -6.28. The molecule has 254 valence electrons. The Balaban J connectivity index is 2.78. The minimum Gasteiger partial charge on any atom is -0.546 e. The first kappa shape index (κ1) is 39.3. The predicted octanol–water partition coefficient (Wildman–Crippen LogP) is 12.9. The van der Waals surface area contributed by atoms with Crippen molar-refractivity contribution < 1.29 is 13.3 Å². The van der Waals surface area contributed by atoms with Crippen molar-refractivity contribution in [3.05, 3.63) is 47.5 Å². The van der Waals surface area contributed by atoms with E-state index in [1.165, 1.54) is 12.0 Å². The number of allylic oxidation sites excluding steroid dienone is 5. The van der Waals surface area contributed by atoms with Gasteiger partial charge in [-0.2, -0.15) is 0 Å². The molecule has 0 N–H and O–H groups in total. The van der Waals surface area contributed by atoms with E-state index in [4.69, 9.17) is 13.3 Å². The van der Waals surface area contributed by atoms with Gasteiger partial charge < -0.3 is 13.3 Å². The molecule has 6 heteroatoms. The van der Waals surface area contributed by atoms with Crippen LogP contribution >= 0.6 is 0 Å². The Morgan fingerprint density at radius 1 is 0.909 bits per heavy atom. The molecule has 0 aromatic carbocycles. The second-order valence-electron chi connectivity index (χ2n) is 19.0. The van der Waals surface area contributed by atoms with Crippen molar-refractivity contribution >= 4 is 25.0 Å². The maximum Gasteiger partial charge on any atom is 0.250 e. The average molecular weight is 661 g/mol. The van der Waals surface area contributed by atoms with E-state index >= 15 is 0 Å². The summed E-state index contributed by atoms with van der Waals surface area (Å²) in [6, 6.07) is 0. The fraction of sp³-hybridized carbons (Fsp3) is 0.789. The third-order valence-electron chi connectivity index (χ3n) is 12.7. The highest BCUT2D eigenvalue weighted by atomic mass is 28.4. The van der Waals surface area contributed by atoms with Gasteiger partial charge in [-0.1, -0.05) is 93.9 Å². The summed E-state index contributed by atoms with van der Waals surface area (Å²) in [6.07, 6.45) is 10.9. The van der Waals surface area contributed by atoms with E-state index in [9.17, 15) is 0 Å². The zero-order valence-corrected chi connectivity index (χ0v) is 35.6. The van der Waals surface area contributed by atoms with Crippen LogP contribution in [-0.2, 0) is 13.3 Å². The van der Waals surface area contributed by atoms with Gasteiger partial charge in [0.15, 0.2) is 8.32 Å². The highest BCUT2D eigenvalue weighted by molar-refractivity contribution is 6.75. The summed E-state index contributed by atoms with van der Waals surface area (Å²) < 4.78 is 22.0. The second kappa shape index (κ2) is 12.6. The maximum atomic E-state index is 7.67. The molecule has 0 radical (unpaired) electrons. The molecule has 0 saturated carbocycles. The second-order valence-corrected chi connectivity index (χ2v) is 33.2. The molecule has 0 fully saturated rings. The molecular formula is C38H72O3Si3. The molecule has 0 unspecified atom stereocenters. The molecule has 3 nitrogen and oxygen atoms in total. The molecule has 0 heterocycles. The average Bonchev–Trinajstić information content (AvgIpc) is 3.25. The molecule has 2 aliphatic carbocycles. The Kier molecular flexibility index (Phi) is 11.3. The summed E-state index contributed by atoms with van der Waals surface area (Å²) in [5.74, 6) is 2.64. The quantitative estimate of drug-likeness (QED) is 0.125. The van der Waals surface area contributed by atoms with Crippen LogP contribution in [0.4, 0.5) is 0 Å². The summed E-state index contributed by atoms with van der Waals surface area (Å²) in [6.45, 7) is 49.2. The monoisotopic (exact) mass is 660 g/mol. The Bertz CT molecular complexity index is 1150. The Labute approximate surface area is 277 Å². The molecular weight excluding hydrogens is 589 g/mol. The molecule has 4 atom stereocenters. The number of hydrogen-bond donors (Lipinski definition) is 0. The molecule has 0 saturated heterocycles. The fourth-order valence-corrected chi connectivity index (χ4v) is 9.56. The van der Waals surface area contributed by atoms with E-state index in [0.29, 0.717) is 5.92 Å². The van der Waals surface area contributed by atoms with Crippen LogP contribution in [0.5, 0.6) is 0 Å². The van der Waals surface area contributed by atoms with Crippen LogP contribution < -0.4 is 0 Å². The molecule has 0 spiro atoms. The largest absolute Gasteiger partial charge is 0.546 e. The van der Waals surface area contributed by atoms with E-state index in [0.717, 1.165) is 30.8 Å². The third-order valence-corrected chi connectivity index (χ3v) is 25.9. The van der Waals surface area contributed by atoms with E-state index in [1.807, 2.05) is 0 Å². The van der Waals surface area contributed by atoms with Crippen LogP contribution in [0.3, 0.4) is 0 Å². The molecule has 0 aromatic rings. The first-order chi connectivity index (χ1) is 19.5. The molecule has 44 heavy (non-hydrogen) atoms. The van der Waals surface area contributed by atoms with Crippen LogP contribution in [0.25, 0.3) is 0 Å². The number of rotatable bonds is 11. The van der Waals surface area contributed by atoms with Crippen molar-refractivity contribution in [1.29, 1.82) is 0 Å². The summed E-state index contributed by atoms with van der Waals surface area (Å²) in [4.78, 5) is 0. The summed E-state index contributed by atoms with van der Waals surface area (Å²) >= 11 is 0. The van der Waals surface area contributed by atoms with E-state index in [2.05, 4.69) is 154 Å². The van der Waals surface area contributed by atoms with Crippen LogP contribution in [0, 0.1) is 16.7 Å². The van der Waals surface area contributed by atoms with Gasteiger partial charge in [0.2, 0.25) is 16.6 Å². The van der Waals surface area contributed by atoms with Crippen LogP contribution in [0.15, 0.2) is 47.5 Å². The van der Waals surface area contributed by atoms with Gasteiger partial charge in [-0.05, 0) is 106 Å². The molecule has 0 aliphatic heterocycles. The minimum absolute atomic E-state index is 0.0193. The van der Waals surface area contributed by atoms with Gasteiger partial charge in [-0.3, -0.25) is 0 Å². The zero-order valence-electron chi connectivity index (χ0n) is 32.6. The van der Waals surface area contributed by atoms with Gasteiger partial charge in [0.25, 0.3) is 0 Å². The van der Waals surface area contributed by atoms with Crippen molar-refractivity contribution in [2.24, 2.45) is 16.7 Å². The van der Waals surface area contributed by atoms with Crippen molar-refractivity contribution in [3.8, 4) is 0 Å². The Morgan fingerprint density at radius 3 is 1.84 bits per heavy atom. The first-order valence-corrected chi connectivity index (χ1v) is 26.0. The topological polar surface area (TPSA) is 27.7 Å². The van der Waals surface area contributed by atoms with Gasteiger partial charge >= 0.3 is 0 Å². The standard InChI is InChI=1S/C38H72O3Si3/c1-21-31(40-43(17,18)35(7,8)9)37(13,22-2)27-32(41-44(19,20)36(10,11)12)38(14)28(3)23-24-29-25-26-30(33(29)38)39-42(15,16)34(4,5)6/h21-22,26,28,32H,2,23-25,27H2,1,3-20H3/b31-21-/t28-,32-,37-,38+/m1/s1. The van der Waals surface area contributed by atoms with Crippen LogP contribution in [0.1, 0.15) is 116 Å². The van der Waals surface area contributed by atoms with Crippen molar-refractivity contribution in [2.75, 3.05) is 0 Å². The molecule has 2 aliphatic rings. The van der Waals surface area contributed by atoms with Crippen molar-refractivity contribution in [2.45, 2.75) is 176 Å². The van der Waals surface area contributed by atoms with E-state index in [-0.39, 0.29) is 32.0 Å². The highest BCUT2D eigenvalue weighted by Crippen LogP contribution is 2.59. The molecule has 0 aromatic heterocycles. The summed E-state index contributed by atoms with van der Waals surface area (Å²) in [5, 5.41) is 0.330. The van der Waals surface area contributed by atoms with E-state index in [1.54, 1.807) is 5.57 Å². The van der Waals surface area contributed by atoms with Crippen molar-refractivity contribution in [3.63, 3.8) is 0 Å². The predicted molar refractivity (Wildman–Crippen MR) is 202 cm³/mol. The van der Waals surface area contributed by atoms with Crippen molar-refractivity contribution in [1.82, 2.24) is 0 Å². The lowest BCUT2D eigenvalue weighted by atomic mass is 9.59. The lowest BCUT2D eigenvalue weighted by molar-refractivity contribution is 0.000530. The zero-order chi connectivity index (χ0) is 34.5. The van der Waals surface area contributed by atoms with Gasteiger partial charge in [0.1, 0.15) is 5.76 Å². The van der Waals surface area contributed by atoms with Gasteiger partial charge in [-0.15, -0.1) is 6.58 Å². The lowest BCUT2D eigenvalue weighted by Crippen LogP contribution is -2.54. The highest BCUT2D eigenvalue weighted by Gasteiger charge is 2.55. The third kappa shape index (κ3) is 7.65. The first-order valence-electron chi connectivity index (χ1n) is 17.3. The number of hydrogen-bond acceptors (Lipinski definition) is 3. The molecule has 0 bridgehead atoms. The van der Waals surface area contributed by atoms with Crippen LogP contribution in [0.2, 0.25) is 54.4 Å². The smallest absolute Gasteiger partial charge is 0.250 e. The molecule has 2 rings (SSSR count). The maximum absolute atomic E-state index is 7.67.